The van der Waals surface area contributed by atoms with Crippen molar-refractivity contribution in [1.29, 1.82) is 0 Å². The van der Waals surface area contributed by atoms with Crippen LogP contribution in [-0.2, 0) is 19.6 Å². The Kier molecular flexibility index (Phi) is 6.43. The molecule has 0 N–H and O–H groups in total. The Bertz CT molecular complexity index is 1360. The number of rotatable bonds is 9. The van der Waals surface area contributed by atoms with Gasteiger partial charge in [0.1, 0.15) is 0 Å². The Morgan fingerprint density at radius 1 is 0.432 bits per heavy atom. The van der Waals surface area contributed by atoms with Crippen LogP contribution in [0.15, 0.2) is 128 Å². The smallest absolute Gasteiger partial charge is 0.0645 e. The summed E-state index contributed by atoms with van der Waals surface area (Å²) < 4.78 is 5.77. The van der Waals surface area contributed by atoms with E-state index in [9.17, 15) is 0 Å². The van der Waals surface area contributed by atoms with Crippen molar-refractivity contribution < 1.29 is 0 Å². The maximum Gasteiger partial charge on any atom is 0.0645 e. The lowest BCUT2D eigenvalue weighted by molar-refractivity contribution is 0.247. The fourth-order valence-electron chi connectivity index (χ4n) is 4.43. The van der Waals surface area contributed by atoms with Crippen molar-refractivity contribution in [1.82, 2.24) is 34.2 Å². The summed E-state index contributed by atoms with van der Waals surface area (Å²) in [5.41, 5.74) is 6.59. The largest absolute Gasteiger partial charge is 0.290 e. The van der Waals surface area contributed by atoms with E-state index < -0.39 is 0 Å². The summed E-state index contributed by atoms with van der Waals surface area (Å²) in [6.07, 6.45) is 12.1. The number of aromatic nitrogens is 6. The van der Waals surface area contributed by atoms with Gasteiger partial charge in [0.25, 0.3) is 0 Å². The molecule has 0 aliphatic carbocycles. The second kappa shape index (κ2) is 10.5. The van der Waals surface area contributed by atoms with Crippen molar-refractivity contribution in [3.8, 4) is 17.1 Å². The standard InChI is InChI=1S/C30H27N7/c1-4-10-28(11-5-1)35-22-25(16-31-35)19-34(20-26-17-32-36(23-26)29-12-6-2-7-13-29)21-27-18-33-37(24-27)30-14-8-3-9-15-30/h1-18,22-24H,19-21H2. The number of benzene rings is 3. The predicted octanol–water partition coefficient (Wildman–Crippen LogP) is 5.45. The fourth-order valence-corrected chi connectivity index (χ4v) is 4.43. The molecule has 0 spiro atoms. The first-order valence-corrected chi connectivity index (χ1v) is 12.3. The van der Waals surface area contributed by atoms with Crippen LogP contribution in [-0.4, -0.2) is 34.2 Å². The molecular formula is C30H27N7. The van der Waals surface area contributed by atoms with E-state index in [0.29, 0.717) is 0 Å². The molecule has 0 bridgehead atoms. The van der Waals surface area contributed by atoms with Crippen LogP contribution in [0.4, 0.5) is 0 Å². The fraction of sp³-hybridized carbons (Fsp3) is 0.100. The van der Waals surface area contributed by atoms with Gasteiger partial charge in [0, 0.05) is 54.9 Å². The average Bonchev–Trinajstić information content (AvgIpc) is 3.72. The maximum absolute atomic E-state index is 4.60. The van der Waals surface area contributed by atoms with Crippen LogP contribution in [0, 0.1) is 0 Å². The second-order valence-corrected chi connectivity index (χ2v) is 9.03. The van der Waals surface area contributed by atoms with Gasteiger partial charge in [0.05, 0.1) is 35.7 Å². The van der Waals surface area contributed by atoms with Gasteiger partial charge in [0.2, 0.25) is 0 Å². The zero-order valence-corrected chi connectivity index (χ0v) is 20.4. The third-order valence-electron chi connectivity index (χ3n) is 6.19. The summed E-state index contributed by atoms with van der Waals surface area (Å²) in [6.45, 7) is 2.25. The molecule has 3 aromatic carbocycles. The molecule has 3 aromatic heterocycles. The third-order valence-corrected chi connectivity index (χ3v) is 6.19. The van der Waals surface area contributed by atoms with Crippen molar-refractivity contribution in [2.45, 2.75) is 19.6 Å². The molecule has 0 radical (unpaired) electrons. The van der Waals surface area contributed by atoms with E-state index in [1.54, 1.807) is 0 Å². The quantitative estimate of drug-likeness (QED) is 0.273. The van der Waals surface area contributed by atoms with Gasteiger partial charge in [-0.05, 0) is 36.4 Å². The zero-order chi connectivity index (χ0) is 24.9. The molecule has 0 atom stereocenters. The van der Waals surface area contributed by atoms with Crippen molar-refractivity contribution in [2.24, 2.45) is 0 Å². The molecule has 0 saturated heterocycles. The minimum atomic E-state index is 0.750. The summed E-state index contributed by atoms with van der Waals surface area (Å²) in [4.78, 5) is 2.39. The van der Waals surface area contributed by atoms with E-state index in [1.165, 1.54) is 0 Å². The Morgan fingerprint density at radius 3 is 1.03 bits per heavy atom. The summed E-state index contributed by atoms with van der Waals surface area (Å²) in [7, 11) is 0. The summed E-state index contributed by atoms with van der Waals surface area (Å²) in [6, 6.07) is 30.6. The van der Waals surface area contributed by atoms with E-state index in [4.69, 9.17) is 0 Å². The SMILES string of the molecule is c1ccc(-n2cc(CN(Cc3cnn(-c4ccccc4)c3)Cc3cnn(-c4ccccc4)c3)cn2)cc1. The average molecular weight is 486 g/mol. The van der Waals surface area contributed by atoms with Crippen LogP contribution < -0.4 is 0 Å². The first-order chi connectivity index (χ1) is 18.3. The Labute approximate surface area is 215 Å². The van der Waals surface area contributed by atoms with Crippen LogP contribution in [0.2, 0.25) is 0 Å². The van der Waals surface area contributed by atoms with Crippen molar-refractivity contribution in [3.63, 3.8) is 0 Å². The lowest BCUT2D eigenvalue weighted by Gasteiger charge is -2.20. The number of para-hydroxylation sites is 3. The van der Waals surface area contributed by atoms with Crippen LogP contribution in [0.25, 0.3) is 17.1 Å². The first-order valence-electron chi connectivity index (χ1n) is 12.3. The van der Waals surface area contributed by atoms with Gasteiger partial charge in [-0.2, -0.15) is 15.3 Å². The minimum absolute atomic E-state index is 0.750. The Balaban J connectivity index is 1.24. The van der Waals surface area contributed by atoms with E-state index in [0.717, 1.165) is 53.4 Å². The molecule has 0 amide bonds. The van der Waals surface area contributed by atoms with Gasteiger partial charge in [-0.25, -0.2) is 14.0 Å². The maximum atomic E-state index is 4.60. The monoisotopic (exact) mass is 485 g/mol. The van der Waals surface area contributed by atoms with Crippen LogP contribution in [0.5, 0.6) is 0 Å². The lowest BCUT2D eigenvalue weighted by atomic mass is 10.2. The van der Waals surface area contributed by atoms with E-state index >= 15 is 0 Å². The van der Waals surface area contributed by atoms with E-state index in [1.807, 2.05) is 87.2 Å². The normalized spacial score (nSPS) is 11.3. The highest BCUT2D eigenvalue weighted by Gasteiger charge is 2.14. The highest BCUT2D eigenvalue weighted by atomic mass is 15.3. The molecule has 6 rings (SSSR count). The number of hydrogen-bond acceptors (Lipinski definition) is 4. The van der Waals surface area contributed by atoms with Crippen LogP contribution >= 0.6 is 0 Å². The van der Waals surface area contributed by atoms with Gasteiger partial charge in [-0.3, -0.25) is 4.90 Å². The Hall–Kier alpha value is -4.75. The lowest BCUT2D eigenvalue weighted by Crippen LogP contribution is -2.22. The first kappa shape index (κ1) is 22.7. The third kappa shape index (κ3) is 5.42. The van der Waals surface area contributed by atoms with E-state index in [2.05, 4.69) is 75.2 Å². The molecule has 0 aliphatic rings. The van der Waals surface area contributed by atoms with Gasteiger partial charge >= 0.3 is 0 Å². The molecule has 182 valence electrons. The summed E-state index contributed by atoms with van der Waals surface area (Å²) in [5.74, 6) is 0. The zero-order valence-electron chi connectivity index (χ0n) is 20.4. The highest BCUT2D eigenvalue weighted by molar-refractivity contribution is 5.33. The van der Waals surface area contributed by atoms with Crippen LogP contribution in [0.1, 0.15) is 16.7 Å². The van der Waals surface area contributed by atoms with Crippen molar-refractivity contribution in [3.05, 3.63) is 145 Å². The molecule has 0 unspecified atom stereocenters. The van der Waals surface area contributed by atoms with Gasteiger partial charge < -0.3 is 0 Å². The van der Waals surface area contributed by atoms with Gasteiger partial charge in [-0.15, -0.1) is 0 Å². The topological polar surface area (TPSA) is 56.7 Å². The van der Waals surface area contributed by atoms with Crippen LogP contribution in [0.3, 0.4) is 0 Å². The molecule has 0 fully saturated rings. The molecule has 0 aliphatic heterocycles. The second-order valence-electron chi connectivity index (χ2n) is 9.03. The minimum Gasteiger partial charge on any atom is -0.290 e. The molecule has 7 heteroatoms. The van der Waals surface area contributed by atoms with Crippen molar-refractivity contribution in [2.75, 3.05) is 0 Å². The molecule has 37 heavy (non-hydrogen) atoms. The van der Waals surface area contributed by atoms with Gasteiger partial charge in [0.15, 0.2) is 0 Å². The molecule has 7 nitrogen and oxygen atoms in total. The number of hydrogen-bond donors (Lipinski definition) is 0. The molecule has 3 heterocycles. The Morgan fingerprint density at radius 2 is 0.730 bits per heavy atom. The molecular weight excluding hydrogens is 458 g/mol. The van der Waals surface area contributed by atoms with E-state index in [-0.39, 0.29) is 0 Å². The molecule has 6 aromatic rings. The highest BCUT2D eigenvalue weighted by Crippen LogP contribution is 2.17. The summed E-state index contributed by atoms with van der Waals surface area (Å²) >= 11 is 0. The number of nitrogens with zero attached hydrogens (tertiary/aromatic N) is 7. The van der Waals surface area contributed by atoms with Gasteiger partial charge in [-0.1, -0.05) is 54.6 Å². The predicted molar refractivity (Wildman–Crippen MR) is 144 cm³/mol. The van der Waals surface area contributed by atoms with Crippen molar-refractivity contribution >= 4 is 0 Å². The summed E-state index contributed by atoms with van der Waals surface area (Å²) in [5, 5.41) is 13.8. The molecule has 0 saturated carbocycles.